The van der Waals surface area contributed by atoms with Gasteiger partial charge in [0.15, 0.2) is 5.82 Å². The zero-order chi connectivity index (χ0) is 24.6. The smallest absolute Gasteiger partial charge is 0.354 e. The van der Waals surface area contributed by atoms with Crippen LogP contribution in [0.25, 0.3) is 28.0 Å². The molecule has 0 unspecified atom stereocenters. The van der Waals surface area contributed by atoms with Crippen molar-refractivity contribution in [3.05, 3.63) is 49.1 Å². The Morgan fingerprint density at radius 1 is 1.17 bits per heavy atom. The Morgan fingerprint density at radius 3 is 2.80 bits per heavy atom. The van der Waals surface area contributed by atoms with Crippen molar-refractivity contribution < 1.29 is 13.2 Å². The van der Waals surface area contributed by atoms with Gasteiger partial charge in [0.05, 0.1) is 29.0 Å². The molecule has 0 aromatic carbocycles. The van der Waals surface area contributed by atoms with Crippen molar-refractivity contribution in [2.45, 2.75) is 19.6 Å². The number of terminal acetylenes is 1. The van der Waals surface area contributed by atoms with Gasteiger partial charge in [0.25, 0.3) is 0 Å². The minimum Gasteiger partial charge on any atom is -0.354 e. The summed E-state index contributed by atoms with van der Waals surface area (Å²) in [4.78, 5) is 11.4. The maximum atomic E-state index is 12.7. The Bertz CT molecular complexity index is 1400. The van der Waals surface area contributed by atoms with Crippen LogP contribution in [0.2, 0.25) is 0 Å². The number of pyridine rings is 2. The lowest BCUT2D eigenvalue weighted by Crippen LogP contribution is -2.36. The Hall–Kier alpha value is -3.91. The van der Waals surface area contributed by atoms with Crippen LogP contribution in [-0.2, 0) is 6.54 Å². The van der Waals surface area contributed by atoms with Crippen LogP contribution in [0.3, 0.4) is 0 Å². The van der Waals surface area contributed by atoms with Crippen molar-refractivity contribution in [2.75, 3.05) is 31.1 Å². The number of alkyl halides is 3. The molecule has 0 amide bonds. The highest BCUT2D eigenvalue weighted by atomic mass is 19.4. The van der Waals surface area contributed by atoms with Gasteiger partial charge in [-0.1, -0.05) is 12.0 Å². The van der Waals surface area contributed by atoms with Crippen molar-refractivity contribution >= 4 is 16.7 Å². The molecule has 0 aliphatic carbocycles. The second-order valence-corrected chi connectivity index (χ2v) is 8.88. The van der Waals surface area contributed by atoms with E-state index < -0.39 is 12.7 Å². The van der Waals surface area contributed by atoms with Gasteiger partial charge in [0, 0.05) is 49.5 Å². The Morgan fingerprint density at radius 2 is 2.00 bits per heavy atom. The monoisotopic (exact) mass is 480 g/mol. The molecule has 0 saturated carbocycles. The summed E-state index contributed by atoms with van der Waals surface area (Å²) in [5, 5.41) is 12.5. The molecule has 1 aliphatic heterocycles. The first-order valence-electron chi connectivity index (χ1n) is 11.1. The van der Waals surface area contributed by atoms with E-state index in [1.165, 1.54) is 12.4 Å². The molecule has 8 nitrogen and oxygen atoms in total. The molecule has 5 heterocycles. The van der Waals surface area contributed by atoms with Crippen LogP contribution < -0.4 is 10.2 Å². The summed E-state index contributed by atoms with van der Waals surface area (Å²) in [7, 11) is 0. The summed E-state index contributed by atoms with van der Waals surface area (Å²) in [6, 6.07) is 7.49. The van der Waals surface area contributed by atoms with E-state index in [1.54, 1.807) is 23.1 Å². The van der Waals surface area contributed by atoms with Crippen LogP contribution in [0.4, 0.5) is 19.0 Å². The molecule has 1 N–H and O–H groups in total. The molecule has 35 heavy (non-hydrogen) atoms. The standard InChI is InChI=1S/C24H23F3N8/c1-3-23(2)14-28-7-8-33(15-23)21-5-4-6-22(32-21)35-20-9-19(29-10-17(20)11-31-35)18-12-30-34(13-18)16-24(25,26)27/h1,4-6,9-13,28H,7-8,14-16H2,2H3/t23-/m0/s1. The van der Waals surface area contributed by atoms with Crippen LogP contribution in [0.5, 0.6) is 0 Å². The van der Waals surface area contributed by atoms with E-state index in [0.29, 0.717) is 23.6 Å². The molecule has 0 bridgehead atoms. The van der Waals surface area contributed by atoms with Crippen LogP contribution in [0.1, 0.15) is 6.92 Å². The molecule has 180 valence electrons. The molecule has 4 aromatic rings. The third-order valence-corrected chi connectivity index (χ3v) is 5.95. The first-order chi connectivity index (χ1) is 16.7. The normalized spacial score (nSPS) is 19.0. The second-order valence-electron chi connectivity index (χ2n) is 8.88. The molecular weight excluding hydrogens is 457 g/mol. The number of rotatable bonds is 4. The number of nitrogens with zero attached hydrogens (tertiary/aromatic N) is 7. The van der Waals surface area contributed by atoms with Gasteiger partial charge in [-0.3, -0.25) is 9.67 Å². The SMILES string of the molecule is C#C[C@@]1(C)CNCCN(c2cccc(-n3ncc4cnc(-c5cnn(CC(F)(F)F)c5)cc43)n2)C1. The highest BCUT2D eigenvalue weighted by Crippen LogP contribution is 2.26. The molecule has 4 aromatic heterocycles. The van der Waals surface area contributed by atoms with E-state index in [2.05, 4.69) is 38.2 Å². The van der Waals surface area contributed by atoms with Crippen molar-refractivity contribution in [1.29, 1.82) is 0 Å². The van der Waals surface area contributed by atoms with Crippen molar-refractivity contribution in [2.24, 2.45) is 5.41 Å². The number of nitrogens with one attached hydrogen (secondary N) is 1. The fraction of sp³-hybridized carbons (Fsp3) is 0.333. The molecule has 1 aliphatic rings. The van der Waals surface area contributed by atoms with Gasteiger partial charge in [-0.15, -0.1) is 6.42 Å². The largest absolute Gasteiger partial charge is 0.408 e. The minimum absolute atomic E-state index is 0.316. The Balaban J connectivity index is 1.48. The highest BCUT2D eigenvalue weighted by Gasteiger charge is 2.29. The van der Waals surface area contributed by atoms with E-state index in [1.807, 2.05) is 18.2 Å². The topological polar surface area (TPSA) is 76.7 Å². The first-order valence-corrected chi connectivity index (χ1v) is 11.1. The molecular formula is C24H23F3N8. The summed E-state index contributed by atoms with van der Waals surface area (Å²) in [6.45, 7) is 3.86. The average molecular weight is 480 g/mol. The zero-order valence-corrected chi connectivity index (χ0v) is 19.0. The van der Waals surface area contributed by atoms with E-state index >= 15 is 0 Å². The van der Waals surface area contributed by atoms with Gasteiger partial charge in [-0.25, -0.2) is 9.67 Å². The second kappa shape index (κ2) is 8.70. The lowest BCUT2D eigenvalue weighted by Gasteiger charge is -2.29. The number of fused-ring (bicyclic) bond motifs is 1. The molecule has 1 fully saturated rings. The summed E-state index contributed by atoms with van der Waals surface area (Å²) in [5.74, 6) is 4.30. The fourth-order valence-corrected chi connectivity index (χ4v) is 4.16. The van der Waals surface area contributed by atoms with E-state index in [9.17, 15) is 13.2 Å². The van der Waals surface area contributed by atoms with Crippen LogP contribution >= 0.6 is 0 Å². The van der Waals surface area contributed by atoms with Crippen LogP contribution in [0.15, 0.2) is 49.1 Å². The molecule has 1 atom stereocenters. The molecule has 0 spiro atoms. The summed E-state index contributed by atoms with van der Waals surface area (Å²) in [6.07, 6.45) is 7.46. The van der Waals surface area contributed by atoms with Gasteiger partial charge in [0.1, 0.15) is 12.4 Å². The van der Waals surface area contributed by atoms with E-state index in [4.69, 9.17) is 11.4 Å². The first kappa shape index (κ1) is 22.9. The Labute approximate surface area is 199 Å². The van der Waals surface area contributed by atoms with Gasteiger partial charge in [-0.05, 0) is 25.1 Å². The molecule has 0 radical (unpaired) electrons. The molecule has 5 rings (SSSR count). The van der Waals surface area contributed by atoms with Gasteiger partial charge < -0.3 is 10.2 Å². The summed E-state index contributed by atoms with van der Waals surface area (Å²) < 4.78 is 40.6. The fourth-order valence-electron chi connectivity index (χ4n) is 4.16. The molecule has 1 saturated heterocycles. The predicted molar refractivity (Wildman–Crippen MR) is 126 cm³/mol. The Kier molecular flexibility index (Phi) is 5.68. The van der Waals surface area contributed by atoms with Crippen LogP contribution in [-0.4, -0.2) is 61.9 Å². The van der Waals surface area contributed by atoms with Crippen molar-refractivity contribution in [3.8, 4) is 29.4 Å². The van der Waals surface area contributed by atoms with Gasteiger partial charge in [-0.2, -0.15) is 23.4 Å². The summed E-state index contributed by atoms with van der Waals surface area (Å²) in [5.41, 5.74) is 1.39. The summed E-state index contributed by atoms with van der Waals surface area (Å²) >= 11 is 0. The number of halogens is 3. The minimum atomic E-state index is -4.35. The lowest BCUT2D eigenvalue weighted by atomic mass is 9.91. The zero-order valence-electron chi connectivity index (χ0n) is 19.0. The average Bonchev–Trinajstić information content (AvgIpc) is 3.41. The van der Waals surface area contributed by atoms with Crippen molar-refractivity contribution in [1.82, 2.24) is 34.8 Å². The van der Waals surface area contributed by atoms with Gasteiger partial charge in [0.2, 0.25) is 0 Å². The third kappa shape index (κ3) is 4.83. The van der Waals surface area contributed by atoms with Crippen molar-refractivity contribution in [3.63, 3.8) is 0 Å². The predicted octanol–water partition coefficient (Wildman–Crippen LogP) is 3.29. The number of hydrogen-bond donors (Lipinski definition) is 1. The quantitative estimate of drug-likeness (QED) is 0.452. The number of hydrogen-bond acceptors (Lipinski definition) is 6. The maximum absolute atomic E-state index is 12.7. The van der Waals surface area contributed by atoms with Crippen LogP contribution in [0, 0.1) is 17.8 Å². The molecule has 11 heteroatoms. The van der Waals surface area contributed by atoms with E-state index in [-0.39, 0.29) is 5.41 Å². The number of anilines is 1. The maximum Gasteiger partial charge on any atom is 0.408 e. The van der Waals surface area contributed by atoms with E-state index in [0.717, 1.165) is 41.0 Å². The lowest BCUT2D eigenvalue weighted by molar-refractivity contribution is -0.142. The van der Waals surface area contributed by atoms with Gasteiger partial charge >= 0.3 is 6.18 Å². The number of aromatic nitrogens is 6. The highest BCUT2D eigenvalue weighted by molar-refractivity contribution is 5.83. The third-order valence-electron chi connectivity index (χ3n) is 5.95.